The van der Waals surface area contributed by atoms with Gasteiger partial charge in [-0.05, 0) is 24.6 Å². The number of carbonyl (C=O) groups excluding carboxylic acids is 1. The van der Waals surface area contributed by atoms with Gasteiger partial charge in [0.2, 0.25) is 0 Å². The summed E-state index contributed by atoms with van der Waals surface area (Å²) in [6.45, 7) is 1.66. The fraction of sp³-hybridized carbons (Fsp3) is 0.333. The largest absolute Gasteiger partial charge is 0.480 e. The highest BCUT2D eigenvalue weighted by Gasteiger charge is 2.20. The molecule has 0 fully saturated rings. The summed E-state index contributed by atoms with van der Waals surface area (Å²) >= 11 is 3.15. The van der Waals surface area contributed by atoms with Gasteiger partial charge in [-0.25, -0.2) is 4.39 Å². The predicted molar refractivity (Wildman–Crippen MR) is 67.9 cm³/mol. The summed E-state index contributed by atoms with van der Waals surface area (Å²) < 4.78 is 14.1. The van der Waals surface area contributed by atoms with Crippen molar-refractivity contribution in [3.63, 3.8) is 0 Å². The van der Waals surface area contributed by atoms with Crippen LogP contribution in [0, 0.1) is 5.82 Å². The molecule has 0 heterocycles. The zero-order valence-electron chi connectivity index (χ0n) is 9.82. The summed E-state index contributed by atoms with van der Waals surface area (Å²) in [5, 5.41) is 8.73. The minimum Gasteiger partial charge on any atom is -0.480 e. The summed E-state index contributed by atoms with van der Waals surface area (Å²) in [6, 6.07) is 4.00. The van der Waals surface area contributed by atoms with E-state index in [1.807, 2.05) is 6.92 Å². The van der Waals surface area contributed by atoms with Crippen LogP contribution in [0.15, 0.2) is 22.7 Å². The fourth-order valence-corrected chi connectivity index (χ4v) is 1.88. The molecular weight excluding hydrogens is 305 g/mol. The minimum absolute atomic E-state index is 0.126. The van der Waals surface area contributed by atoms with Crippen LogP contribution in [-0.4, -0.2) is 35.0 Å². The smallest absolute Gasteiger partial charge is 0.323 e. The van der Waals surface area contributed by atoms with Crippen molar-refractivity contribution in [3.05, 3.63) is 34.1 Å². The van der Waals surface area contributed by atoms with Gasteiger partial charge in [-0.15, -0.1) is 0 Å². The molecule has 0 bridgehead atoms. The quantitative estimate of drug-likeness (QED) is 0.907. The van der Waals surface area contributed by atoms with Crippen molar-refractivity contribution in [1.82, 2.24) is 4.90 Å². The zero-order valence-corrected chi connectivity index (χ0v) is 11.4. The second-order valence-electron chi connectivity index (χ2n) is 3.74. The van der Waals surface area contributed by atoms with Crippen molar-refractivity contribution in [2.75, 3.05) is 13.1 Å². The number of benzene rings is 1. The summed E-state index contributed by atoms with van der Waals surface area (Å²) in [5.41, 5.74) is -0.126. The Morgan fingerprint density at radius 1 is 1.44 bits per heavy atom. The molecule has 6 heteroatoms. The van der Waals surface area contributed by atoms with E-state index in [4.69, 9.17) is 5.11 Å². The molecule has 0 aliphatic heterocycles. The Kier molecular flexibility index (Phi) is 5.27. The van der Waals surface area contributed by atoms with Gasteiger partial charge in [0.1, 0.15) is 12.4 Å². The molecule has 0 spiro atoms. The second kappa shape index (κ2) is 6.49. The number of rotatable bonds is 5. The van der Waals surface area contributed by atoms with E-state index in [0.717, 1.165) is 4.90 Å². The van der Waals surface area contributed by atoms with Crippen LogP contribution in [-0.2, 0) is 4.79 Å². The Balaban J connectivity index is 3.01. The van der Waals surface area contributed by atoms with Crippen LogP contribution in [0.2, 0.25) is 0 Å². The average molecular weight is 318 g/mol. The van der Waals surface area contributed by atoms with Crippen LogP contribution >= 0.6 is 15.9 Å². The molecule has 0 atom stereocenters. The molecule has 4 nitrogen and oxygen atoms in total. The summed E-state index contributed by atoms with van der Waals surface area (Å²) in [6.07, 6.45) is 0.606. The summed E-state index contributed by atoms with van der Waals surface area (Å²) in [4.78, 5) is 23.8. The van der Waals surface area contributed by atoms with Gasteiger partial charge in [0.25, 0.3) is 5.91 Å². The molecule has 98 valence electrons. The van der Waals surface area contributed by atoms with Crippen LogP contribution < -0.4 is 0 Å². The van der Waals surface area contributed by atoms with Gasteiger partial charge in [-0.3, -0.25) is 9.59 Å². The maximum absolute atomic E-state index is 13.5. The lowest BCUT2D eigenvalue weighted by Crippen LogP contribution is -2.36. The van der Waals surface area contributed by atoms with Gasteiger partial charge in [-0.1, -0.05) is 22.9 Å². The lowest BCUT2D eigenvalue weighted by Gasteiger charge is -2.20. The molecule has 0 saturated heterocycles. The topological polar surface area (TPSA) is 57.6 Å². The molecule has 18 heavy (non-hydrogen) atoms. The number of carboxylic acids is 1. The first-order chi connectivity index (χ1) is 8.45. The molecule has 1 N–H and O–H groups in total. The molecule has 0 aromatic heterocycles. The maximum atomic E-state index is 13.5. The van der Waals surface area contributed by atoms with E-state index in [0.29, 0.717) is 10.9 Å². The molecule has 1 rings (SSSR count). The number of carbonyl (C=O) groups is 2. The highest BCUT2D eigenvalue weighted by atomic mass is 79.9. The fourth-order valence-electron chi connectivity index (χ4n) is 1.52. The standard InChI is InChI=1S/C12H13BrFNO3/c1-2-5-15(7-11(16)17)12(18)9-6-8(13)3-4-10(9)14/h3-4,6H,2,5,7H2,1H3,(H,16,17). The minimum atomic E-state index is -1.12. The normalized spacial score (nSPS) is 10.2. The Bertz CT molecular complexity index is 465. The Labute approximate surface area is 113 Å². The predicted octanol–water partition coefficient (Wildman–Crippen LogP) is 2.53. The molecule has 0 saturated carbocycles. The lowest BCUT2D eigenvalue weighted by atomic mass is 10.2. The van der Waals surface area contributed by atoms with Crippen LogP contribution in [0.5, 0.6) is 0 Å². The van der Waals surface area contributed by atoms with E-state index in [1.165, 1.54) is 18.2 Å². The number of nitrogens with zero attached hydrogens (tertiary/aromatic N) is 1. The van der Waals surface area contributed by atoms with Crippen LogP contribution in [0.25, 0.3) is 0 Å². The first-order valence-electron chi connectivity index (χ1n) is 5.41. The van der Waals surface area contributed by atoms with E-state index >= 15 is 0 Å². The number of aliphatic carboxylic acids is 1. The highest BCUT2D eigenvalue weighted by molar-refractivity contribution is 9.10. The van der Waals surface area contributed by atoms with Crippen molar-refractivity contribution >= 4 is 27.8 Å². The van der Waals surface area contributed by atoms with Crippen LogP contribution in [0.4, 0.5) is 4.39 Å². The number of amides is 1. The van der Waals surface area contributed by atoms with E-state index in [1.54, 1.807) is 0 Å². The lowest BCUT2D eigenvalue weighted by molar-refractivity contribution is -0.137. The second-order valence-corrected chi connectivity index (χ2v) is 4.66. The third-order valence-electron chi connectivity index (χ3n) is 2.27. The van der Waals surface area contributed by atoms with Gasteiger partial charge >= 0.3 is 5.97 Å². The van der Waals surface area contributed by atoms with Gasteiger partial charge < -0.3 is 10.0 Å². The number of halogens is 2. The third kappa shape index (κ3) is 3.80. The molecule has 0 radical (unpaired) electrons. The molecular formula is C12H13BrFNO3. The zero-order chi connectivity index (χ0) is 13.7. The van der Waals surface area contributed by atoms with E-state index < -0.39 is 24.2 Å². The number of carboxylic acid groups (broad SMARTS) is 1. The molecule has 1 aromatic rings. The van der Waals surface area contributed by atoms with Gasteiger partial charge in [0.15, 0.2) is 0 Å². The Hall–Kier alpha value is -1.43. The van der Waals surface area contributed by atoms with Gasteiger partial charge in [-0.2, -0.15) is 0 Å². The van der Waals surface area contributed by atoms with Crippen molar-refractivity contribution in [3.8, 4) is 0 Å². The average Bonchev–Trinajstić information content (AvgIpc) is 2.30. The number of hydrogen-bond donors (Lipinski definition) is 1. The Morgan fingerprint density at radius 2 is 2.11 bits per heavy atom. The first kappa shape index (κ1) is 14.6. The van der Waals surface area contributed by atoms with Gasteiger partial charge in [0.05, 0.1) is 5.56 Å². The molecule has 0 aliphatic rings. The molecule has 1 amide bonds. The summed E-state index contributed by atoms with van der Waals surface area (Å²) in [7, 11) is 0. The monoisotopic (exact) mass is 317 g/mol. The van der Waals surface area contributed by atoms with E-state index in [-0.39, 0.29) is 12.1 Å². The van der Waals surface area contributed by atoms with Crippen LogP contribution in [0.1, 0.15) is 23.7 Å². The molecule has 0 unspecified atom stereocenters. The first-order valence-corrected chi connectivity index (χ1v) is 6.21. The number of hydrogen-bond acceptors (Lipinski definition) is 2. The van der Waals surface area contributed by atoms with Gasteiger partial charge in [0, 0.05) is 11.0 Å². The Morgan fingerprint density at radius 3 is 2.67 bits per heavy atom. The van der Waals surface area contributed by atoms with Crippen molar-refractivity contribution in [2.24, 2.45) is 0 Å². The van der Waals surface area contributed by atoms with Crippen molar-refractivity contribution in [2.45, 2.75) is 13.3 Å². The van der Waals surface area contributed by atoms with Crippen LogP contribution in [0.3, 0.4) is 0 Å². The SMILES string of the molecule is CCCN(CC(=O)O)C(=O)c1cc(Br)ccc1F. The summed E-state index contributed by atoms with van der Waals surface area (Å²) in [5.74, 6) is -2.39. The maximum Gasteiger partial charge on any atom is 0.323 e. The highest BCUT2D eigenvalue weighted by Crippen LogP contribution is 2.17. The van der Waals surface area contributed by atoms with Crippen molar-refractivity contribution < 1.29 is 19.1 Å². The molecule has 1 aromatic carbocycles. The van der Waals surface area contributed by atoms with E-state index in [9.17, 15) is 14.0 Å². The van der Waals surface area contributed by atoms with Crippen molar-refractivity contribution in [1.29, 1.82) is 0 Å². The van der Waals surface area contributed by atoms with E-state index in [2.05, 4.69) is 15.9 Å². The third-order valence-corrected chi connectivity index (χ3v) is 2.76. The molecule has 0 aliphatic carbocycles.